The number of aromatic amines is 1. The lowest BCUT2D eigenvalue weighted by Crippen LogP contribution is -2.29. The van der Waals surface area contributed by atoms with Gasteiger partial charge >= 0.3 is 0 Å². The van der Waals surface area contributed by atoms with Gasteiger partial charge in [0.15, 0.2) is 0 Å². The fourth-order valence-corrected chi connectivity index (χ4v) is 2.65. The van der Waals surface area contributed by atoms with Crippen LogP contribution >= 0.6 is 0 Å². The molecule has 3 nitrogen and oxygen atoms in total. The van der Waals surface area contributed by atoms with Gasteiger partial charge in [-0.2, -0.15) is 0 Å². The molecule has 3 rings (SSSR count). The Labute approximate surface area is 106 Å². The fraction of sp³-hybridized carbons (Fsp3) is 0.267. The average Bonchev–Trinajstić information content (AvgIpc) is 2.66. The third-order valence-corrected chi connectivity index (χ3v) is 3.54. The molecule has 18 heavy (non-hydrogen) atoms. The van der Waals surface area contributed by atoms with E-state index in [1.807, 2.05) is 6.07 Å². The highest BCUT2D eigenvalue weighted by Crippen LogP contribution is 2.32. The minimum absolute atomic E-state index is 0.0346. The van der Waals surface area contributed by atoms with Crippen LogP contribution in [0.25, 0.3) is 0 Å². The van der Waals surface area contributed by atoms with Crippen LogP contribution in [0.15, 0.2) is 47.4 Å². The number of aromatic nitrogens is 1. The van der Waals surface area contributed by atoms with Gasteiger partial charge in [-0.05, 0) is 36.6 Å². The van der Waals surface area contributed by atoms with Gasteiger partial charge in [-0.1, -0.05) is 18.2 Å². The van der Waals surface area contributed by atoms with E-state index in [1.54, 1.807) is 12.3 Å². The van der Waals surface area contributed by atoms with Crippen LogP contribution in [0.3, 0.4) is 0 Å². The highest BCUT2D eigenvalue weighted by atomic mass is 16.1. The largest absolute Gasteiger partial charge is 0.364 e. The van der Waals surface area contributed by atoms with Gasteiger partial charge in [0.1, 0.15) is 0 Å². The number of hydrogen-bond acceptors (Lipinski definition) is 2. The maximum absolute atomic E-state index is 11.3. The molecule has 1 aromatic carbocycles. The second kappa shape index (κ2) is 4.33. The smallest absolute Gasteiger partial charge is 0.248 e. The normalized spacial score (nSPS) is 17.8. The Morgan fingerprint density at radius 2 is 2.17 bits per heavy atom. The molecule has 0 aliphatic carbocycles. The van der Waals surface area contributed by atoms with Gasteiger partial charge in [-0.25, -0.2) is 0 Å². The van der Waals surface area contributed by atoms with Crippen LogP contribution in [0.1, 0.15) is 18.1 Å². The molecule has 0 radical (unpaired) electrons. The first kappa shape index (κ1) is 11.1. The van der Waals surface area contributed by atoms with Gasteiger partial charge in [-0.3, -0.25) is 4.79 Å². The van der Waals surface area contributed by atoms with Crippen LogP contribution in [-0.2, 0) is 13.0 Å². The van der Waals surface area contributed by atoms with Crippen molar-refractivity contribution >= 4 is 5.69 Å². The van der Waals surface area contributed by atoms with Crippen molar-refractivity contribution in [2.45, 2.75) is 25.9 Å². The van der Waals surface area contributed by atoms with Gasteiger partial charge in [0, 0.05) is 30.5 Å². The quantitative estimate of drug-likeness (QED) is 0.874. The molecule has 0 saturated heterocycles. The zero-order valence-corrected chi connectivity index (χ0v) is 10.4. The lowest BCUT2D eigenvalue weighted by molar-refractivity contribution is 0.671. The summed E-state index contributed by atoms with van der Waals surface area (Å²) in [6.45, 7) is 3.02. The first-order valence-electron chi connectivity index (χ1n) is 6.26. The molecule has 1 N–H and O–H groups in total. The Morgan fingerprint density at radius 1 is 1.33 bits per heavy atom. The standard InChI is InChI=1S/C15H16N2O/c1-11-8-13-4-2-3-5-14(13)17(11)10-12-6-7-16-15(18)9-12/h2-7,9,11H,8,10H2,1H3,(H,16,18). The molecule has 1 unspecified atom stereocenters. The summed E-state index contributed by atoms with van der Waals surface area (Å²) in [7, 11) is 0. The summed E-state index contributed by atoms with van der Waals surface area (Å²) >= 11 is 0. The van der Waals surface area contributed by atoms with E-state index in [-0.39, 0.29) is 5.56 Å². The molecule has 1 aliphatic rings. The Balaban J connectivity index is 1.91. The van der Waals surface area contributed by atoms with E-state index in [2.05, 4.69) is 41.1 Å². The van der Waals surface area contributed by atoms with Crippen LogP contribution in [0, 0.1) is 0 Å². The molecular weight excluding hydrogens is 224 g/mol. The van der Waals surface area contributed by atoms with Crippen LogP contribution in [-0.4, -0.2) is 11.0 Å². The number of benzene rings is 1. The Kier molecular flexibility index (Phi) is 2.67. The van der Waals surface area contributed by atoms with Crippen molar-refractivity contribution < 1.29 is 0 Å². The van der Waals surface area contributed by atoms with Gasteiger partial charge in [0.25, 0.3) is 0 Å². The van der Waals surface area contributed by atoms with Crippen molar-refractivity contribution in [2.75, 3.05) is 4.90 Å². The first-order valence-corrected chi connectivity index (χ1v) is 6.26. The lowest BCUT2D eigenvalue weighted by atomic mass is 10.1. The number of rotatable bonds is 2. The molecule has 1 atom stereocenters. The van der Waals surface area contributed by atoms with Crippen molar-refractivity contribution in [3.8, 4) is 0 Å². The molecule has 2 heterocycles. The molecular formula is C15H16N2O. The summed E-state index contributed by atoms with van der Waals surface area (Å²) < 4.78 is 0. The molecule has 0 amide bonds. The van der Waals surface area contributed by atoms with Gasteiger partial charge in [-0.15, -0.1) is 0 Å². The average molecular weight is 240 g/mol. The monoisotopic (exact) mass is 240 g/mol. The fourth-order valence-electron chi connectivity index (χ4n) is 2.65. The van der Waals surface area contributed by atoms with E-state index in [4.69, 9.17) is 0 Å². The van der Waals surface area contributed by atoms with E-state index in [1.165, 1.54) is 11.3 Å². The molecule has 2 aromatic rings. The predicted octanol–water partition coefficient (Wildman–Crippen LogP) is 2.33. The minimum Gasteiger partial charge on any atom is -0.364 e. The highest BCUT2D eigenvalue weighted by Gasteiger charge is 2.25. The van der Waals surface area contributed by atoms with Crippen molar-refractivity contribution in [1.82, 2.24) is 4.98 Å². The van der Waals surface area contributed by atoms with Crippen molar-refractivity contribution in [1.29, 1.82) is 0 Å². The number of nitrogens with zero attached hydrogens (tertiary/aromatic N) is 1. The van der Waals surface area contributed by atoms with Crippen molar-refractivity contribution in [3.05, 3.63) is 64.1 Å². The van der Waals surface area contributed by atoms with Gasteiger partial charge in [0.2, 0.25) is 5.56 Å². The lowest BCUT2D eigenvalue weighted by Gasteiger charge is -2.24. The molecule has 0 spiro atoms. The Hall–Kier alpha value is -2.03. The summed E-state index contributed by atoms with van der Waals surface area (Å²) in [6.07, 6.45) is 2.80. The third kappa shape index (κ3) is 1.92. The van der Waals surface area contributed by atoms with E-state index in [0.717, 1.165) is 18.5 Å². The minimum atomic E-state index is -0.0346. The maximum atomic E-state index is 11.3. The molecule has 92 valence electrons. The SMILES string of the molecule is CC1Cc2ccccc2N1Cc1cc[nH]c(=O)c1. The van der Waals surface area contributed by atoms with E-state index in [9.17, 15) is 4.79 Å². The summed E-state index contributed by atoms with van der Waals surface area (Å²) in [5.74, 6) is 0. The van der Waals surface area contributed by atoms with Crippen LogP contribution in [0.2, 0.25) is 0 Å². The number of nitrogens with one attached hydrogen (secondary N) is 1. The number of fused-ring (bicyclic) bond motifs is 1. The second-order valence-corrected chi connectivity index (χ2v) is 4.87. The summed E-state index contributed by atoms with van der Waals surface area (Å²) in [4.78, 5) is 16.3. The molecule has 0 fully saturated rings. The number of pyridine rings is 1. The third-order valence-electron chi connectivity index (χ3n) is 3.54. The molecule has 1 aliphatic heterocycles. The van der Waals surface area contributed by atoms with Gasteiger partial charge in [0.05, 0.1) is 0 Å². The zero-order valence-electron chi connectivity index (χ0n) is 10.4. The Bertz CT molecular complexity index is 618. The number of anilines is 1. The summed E-state index contributed by atoms with van der Waals surface area (Å²) in [5, 5.41) is 0. The topological polar surface area (TPSA) is 36.1 Å². The molecule has 3 heteroatoms. The number of hydrogen-bond donors (Lipinski definition) is 1. The number of H-pyrrole nitrogens is 1. The van der Waals surface area contributed by atoms with Crippen molar-refractivity contribution in [3.63, 3.8) is 0 Å². The summed E-state index contributed by atoms with van der Waals surface area (Å²) in [5.41, 5.74) is 3.72. The predicted molar refractivity (Wildman–Crippen MR) is 72.9 cm³/mol. The second-order valence-electron chi connectivity index (χ2n) is 4.87. The van der Waals surface area contributed by atoms with E-state index >= 15 is 0 Å². The molecule has 0 bridgehead atoms. The summed E-state index contributed by atoms with van der Waals surface area (Å²) in [6, 6.07) is 12.6. The highest BCUT2D eigenvalue weighted by molar-refractivity contribution is 5.59. The molecule has 0 saturated carbocycles. The number of para-hydroxylation sites is 1. The van der Waals surface area contributed by atoms with Crippen LogP contribution in [0.5, 0.6) is 0 Å². The van der Waals surface area contributed by atoms with E-state index < -0.39 is 0 Å². The van der Waals surface area contributed by atoms with Crippen LogP contribution in [0.4, 0.5) is 5.69 Å². The van der Waals surface area contributed by atoms with Gasteiger partial charge < -0.3 is 9.88 Å². The molecule has 1 aromatic heterocycles. The Morgan fingerprint density at radius 3 is 3.00 bits per heavy atom. The van der Waals surface area contributed by atoms with E-state index in [0.29, 0.717) is 6.04 Å². The maximum Gasteiger partial charge on any atom is 0.248 e. The van der Waals surface area contributed by atoms with Crippen molar-refractivity contribution in [2.24, 2.45) is 0 Å². The van der Waals surface area contributed by atoms with Crippen LogP contribution < -0.4 is 10.5 Å². The first-order chi connectivity index (χ1) is 8.74. The zero-order chi connectivity index (χ0) is 12.5.